The molecule has 1 atom stereocenters. The van der Waals surface area contributed by atoms with Crippen LogP contribution in [0.15, 0.2) is 17.3 Å². The second-order valence-electron chi connectivity index (χ2n) is 9.49. The van der Waals surface area contributed by atoms with Crippen molar-refractivity contribution in [3.8, 4) is 0 Å². The zero-order chi connectivity index (χ0) is 19.5. The van der Waals surface area contributed by atoms with Crippen LogP contribution in [0.3, 0.4) is 0 Å². The monoisotopic (exact) mass is 383 g/mol. The number of hydrogen-bond acceptors (Lipinski definition) is 4. The van der Waals surface area contributed by atoms with Gasteiger partial charge in [-0.1, -0.05) is 6.92 Å². The Balaban J connectivity index is 1.33. The van der Waals surface area contributed by atoms with Crippen LogP contribution in [0.25, 0.3) is 11.0 Å². The Hall–Kier alpha value is -2.18. The summed E-state index contributed by atoms with van der Waals surface area (Å²) in [5.74, 6) is 2.49. The third kappa shape index (κ3) is 2.78. The molecule has 4 fully saturated rings. The lowest BCUT2D eigenvalue weighted by Gasteiger charge is -2.59. The van der Waals surface area contributed by atoms with Gasteiger partial charge < -0.3 is 5.32 Å². The predicted molar refractivity (Wildman–Crippen MR) is 106 cm³/mol. The van der Waals surface area contributed by atoms with Gasteiger partial charge in [0.2, 0.25) is 5.91 Å². The summed E-state index contributed by atoms with van der Waals surface area (Å²) < 4.78 is 2.97. The van der Waals surface area contributed by atoms with Gasteiger partial charge in [0, 0.05) is 13.1 Å². The second kappa shape index (κ2) is 6.42. The number of rotatable bonds is 5. The molecule has 4 bridgehead atoms. The van der Waals surface area contributed by atoms with Gasteiger partial charge in [-0.3, -0.25) is 18.8 Å². The highest BCUT2D eigenvalue weighted by Gasteiger charge is 2.53. The highest BCUT2D eigenvalue weighted by atomic mass is 16.2. The van der Waals surface area contributed by atoms with E-state index >= 15 is 0 Å². The summed E-state index contributed by atoms with van der Waals surface area (Å²) in [6.45, 7) is 2.19. The number of aromatic nitrogens is 4. The number of nitrogens with one attached hydrogen (secondary N) is 1. The highest BCUT2D eigenvalue weighted by molar-refractivity contribution is 5.77. The zero-order valence-electron chi connectivity index (χ0n) is 16.7. The average Bonchev–Trinajstić information content (AvgIpc) is 3.02. The van der Waals surface area contributed by atoms with E-state index in [1.54, 1.807) is 11.7 Å². The van der Waals surface area contributed by atoms with Crippen molar-refractivity contribution in [2.45, 2.75) is 64.5 Å². The number of fused-ring (bicyclic) bond motifs is 1. The van der Waals surface area contributed by atoms with Crippen molar-refractivity contribution in [3.05, 3.63) is 22.9 Å². The molecule has 2 aromatic heterocycles. The van der Waals surface area contributed by atoms with E-state index in [9.17, 15) is 9.59 Å². The smallest absolute Gasteiger partial charge is 0.264 e. The molecule has 1 amide bonds. The minimum absolute atomic E-state index is 0.0134. The fourth-order valence-electron chi connectivity index (χ4n) is 6.87. The average molecular weight is 383 g/mol. The van der Waals surface area contributed by atoms with E-state index in [4.69, 9.17) is 0 Å². The summed E-state index contributed by atoms with van der Waals surface area (Å²) in [5, 5.41) is 7.84. The minimum Gasteiger partial charge on any atom is -0.351 e. The molecule has 28 heavy (non-hydrogen) atoms. The normalized spacial score (nSPS) is 32.0. The predicted octanol–water partition coefficient (Wildman–Crippen LogP) is 2.24. The third-order valence-corrected chi connectivity index (χ3v) is 7.60. The maximum absolute atomic E-state index is 12.8. The molecule has 150 valence electrons. The molecule has 4 aliphatic carbocycles. The molecule has 0 radical (unpaired) electrons. The van der Waals surface area contributed by atoms with Crippen molar-refractivity contribution in [2.75, 3.05) is 0 Å². The molecular weight excluding hydrogens is 354 g/mol. The Bertz CT molecular complexity index is 940. The van der Waals surface area contributed by atoms with Gasteiger partial charge in [0.25, 0.3) is 5.56 Å². The van der Waals surface area contributed by atoms with E-state index in [-0.39, 0.29) is 29.5 Å². The van der Waals surface area contributed by atoms with Gasteiger partial charge in [0.15, 0.2) is 5.65 Å². The van der Waals surface area contributed by atoms with Crippen molar-refractivity contribution in [1.82, 2.24) is 24.6 Å². The Morgan fingerprint density at radius 1 is 1.25 bits per heavy atom. The lowest BCUT2D eigenvalue weighted by Crippen LogP contribution is -2.57. The fraction of sp³-hybridized carbons (Fsp3) is 0.714. The van der Waals surface area contributed by atoms with Gasteiger partial charge in [-0.15, -0.1) is 0 Å². The number of aryl methyl sites for hydroxylation is 1. The van der Waals surface area contributed by atoms with Gasteiger partial charge in [0.1, 0.15) is 18.3 Å². The molecule has 7 nitrogen and oxygen atoms in total. The van der Waals surface area contributed by atoms with Crippen LogP contribution in [0, 0.1) is 23.2 Å². The van der Waals surface area contributed by atoms with Crippen molar-refractivity contribution < 1.29 is 4.79 Å². The van der Waals surface area contributed by atoms with Crippen LogP contribution in [0.5, 0.6) is 0 Å². The summed E-state index contributed by atoms with van der Waals surface area (Å²) in [6.07, 6.45) is 11.9. The highest BCUT2D eigenvalue weighted by Crippen LogP contribution is 2.61. The molecule has 7 heteroatoms. The molecular formula is C21H29N5O2. The number of hydrogen-bond donors (Lipinski definition) is 1. The zero-order valence-corrected chi connectivity index (χ0v) is 16.7. The van der Waals surface area contributed by atoms with Gasteiger partial charge in [0.05, 0.1) is 6.20 Å². The molecule has 2 heterocycles. The fourth-order valence-corrected chi connectivity index (χ4v) is 6.87. The molecule has 0 aromatic carbocycles. The van der Waals surface area contributed by atoms with Crippen LogP contribution in [0.1, 0.15) is 51.9 Å². The van der Waals surface area contributed by atoms with Crippen molar-refractivity contribution in [2.24, 2.45) is 30.2 Å². The van der Waals surface area contributed by atoms with E-state index in [1.807, 2.05) is 0 Å². The standard InChI is InChI=1S/C21H29N5O2/c1-3-17(21-7-13-4-14(8-21)6-15(5-13)9-21)24-18(27)11-26-12-22-19-16(20(26)28)10-23-25(19)2/h10,12-15,17H,3-9,11H2,1-2H3,(H,24,27). The molecule has 0 aliphatic heterocycles. The first-order valence-electron chi connectivity index (χ1n) is 10.6. The van der Waals surface area contributed by atoms with Gasteiger partial charge in [-0.05, 0) is 68.1 Å². The number of carbonyl (C=O) groups excluding carboxylic acids is 1. The summed E-state index contributed by atoms with van der Waals surface area (Å²) in [7, 11) is 1.75. The Morgan fingerprint density at radius 2 is 1.89 bits per heavy atom. The molecule has 6 rings (SSSR count). The van der Waals surface area contributed by atoms with Crippen LogP contribution in [-0.2, 0) is 18.4 Å². The maximum atomic E-state index is 12.8. The van der Waals surface area contributed by atoms with Crippen LogP contribution < -0.4 is 10.9 Å². The van der Waals surface area contributed by atoms with Gasteiger partial charge in [-0.25, -0.2) is 4.98 Å². The molecule has 4 aliphatic rings. The van der Waals surface area contributed by atoms with Crippen LogP contribution in [0.2, 0.25) is 0 Å². The van der Waals surface area contributed by atoms with E-state index in [0.29, 0.717) is 11.0 Å². The molecule has 1 unspecified atom stereocenters. The maximum Gasteiger partial charge on any atom is 0.264 e. The van der Waals surface area contributed by atoms with Gasteiger partial charge in [-0.2, -0.15) is 5.10 Å². The molecule has 0 spiro atoms. The minimum atomic E-state index is -0.212. The van der Waals surface area contributed by atoms with E-state index in [1.165, 1.54) is 55.6 Å². The summed E-state index contributed by atoms with van der Waals surface area (Å²) in [4.78, 5) is 29.8. The lowest BCUT2D eigenvalue weighted by molar-refractivity contribution is -0.127. The topological polar surface area (TPSA) is 81.8 Å². The SMILES string of the molecule is CCC(NC(=O)Cn1cnc2c(cnn2C)c1=O)C12CC3CC(CC(C3)C1)C2. The Labute approximate surface area is 164 Å². The first-order chi connectivity index (χ1) is 13.5. The van der Waals surface area contributed by atoms with E-state index < -0.39 is 0 Å². The third-order valence-electron chi connectivity index (χ3n) is 7.60. The summed E-state index contributed by atoms with van der Waals surface area (Å²) >= 11 is 0. The van der Waals surface area contributed by atoms with Crippen molar-refractivity contribution in [3.63, 3.8) is 0 Å². The van der Waals surface area contributed by atoms with Crippen LogP contribution in [-0.4, -0.2) is 31.3 Å². The largest absolute Gasteiger partial charge is 0.351 e. The number of amides is 1. The molecule has 1 N–H and O–H groups in total. The first-order valence-corrected chi connectivity index (χ1v) is 10.6. The number of carbonyl (C=O) groups is 1. The lowest BCUT2D eigenvalue weighted by atomic mass is 9.47. The van der Waals surface area contributed by atoms with E-state index in [2.05, 4.69) is 22.3 Å². The first kappa shape index (κ1) is 17.9. The van der Waals surface area contributed by atoms with Crippen molar-refractivity contribution in [1.29, 1.82) is 0 Å². The molecule has 0 saturated heterocycles. The molecule has 2 aromatic rings. The Kier molecular flexibility index (Phi) is 4.10. The van der Waals surface area contributed by atoms with Crippen LogP contribution in [0.4, 0.5) is 0 Å². The van der Waals surface area contributed by atoms with Gasteiger partial charge >= 0.3 is 0 Å². The van der Waals surface area contributed by atoms with Crippen LogP contribution >= 0.6 is 0 Å². The summed E-state index contributed by atoms with van der Waals surface area (Å²) in [6, 6.07) is 0.208. The Morgan fingerprint density at radius 3 is 2.50 bits per heavy atom. The van der Waals surface area contributed by atoms with Crippen molar-refractivity contribution >= 4 is 16.9 Å². The quantitative estimate of drug-likeness (QED) is 0.858. The second-order valence-corrected chi connectivity index (χ2v) is 9.49. The molecule has 4 saturated carbocycles. The van der Waals surface area contributed by atoms with E-state index in [0.717, 1.165) is 24.2 Å². The number of nitrogens with zero attached hydrogens (tertiary/aromatic N) is 4. The summed E-state index contributed by atoms with van der Waals surface area (Å²) in [5.41, 5.74) is 0.605.